The van der Waals surface area contributed by atoms with E-state index in [1.165, 1.54) is 27.9 Å². The van der Waals surface area contributed by atoms with E-state index in [0.29, 0.717) is 6.42 Å². The highest BCUT2D eigenvalue weighted by atomic mass is 16.8. The van der Waals surface area contributed by atoms with Gasteiger partial charge in [0.1, 0.15) is 18.1 Å². The number of hydrogen-bond acceptors (Lipinski definition) is 13. The van der Waals surface area contributed by atoms with Crippen molar-refractivity contribution in [2.45, 2.75) is 134 Å². The maximum Gasteiger partial charge on any atom is 0.509 e. The second-order valence-electron chi connectivity index (χ2n) is 13.5. The van der Waals surface area contributed by atoms with Crippen LogP contribution < -0.4 is 0 Å². The lowest BCUT2D eigenvalue weighted by Gasteiger charge is -2.47. The van der Waals surface area contributed by atoms with Gasteiger partial charge in [0.2, 0.25) is 0 Å². The van der Waals surface area contributed by atoms with E-state index >= 15 is 0 Å². The summed E-state index contributed by atoms with van der Waals surface area (Å²) in [6.45, 7) is 12.4. The fraction of sp³-hybridized carbons (Fsp3) is 0.871. The molecule has 3 saturated heterocycles. The summed E-state index contributed by atoms with van der Waals surface area (Å²) < 4.78 is 35.0. The molecule has 252 valence electrons. The van der Waals surface area contributed by atoms with Crippen LogP contribution in [0.1, 0.15) is 74.7 Å². The summed E-state index contributed by atoms with van der Waals surface area (Å²) in [4.78, 5) is 55.6. The summed E-state index contributed by atoms with van der Waals surface area (Å²) in [5.74, 6) is -5.30. The Morgan fingerprint density at radius 2 is 1.64 bits per heavy atom. The fourth-order valence-electron chi connectivity index (χ4n) is 7.12. The Bertz CT molecular complexity index is 1100. The molecule has 13 heteroatoms. The fourth-order valence-corrected chi connectivity index (χ4v) is 7.12. The lowest BCUT2D eigenvalue weighted by atomic mass is 9.72. The monoisotopic (exact) mass is 629 g/mol. The molecule has 13 atom stereocenters. The molecule has 3 rings (SSSR count). The molecule has 0 aromatic heterocycles. The van der Waals surface area contributed by atoms with E-state index in [1.807, 2.05) is 25.9 Å². The van der Waals surface area contributed by atoms with Crippen LogP contribution in [-0.4, -0.2) is 120 Å². The Morgan fingerprint density at radius 1 is 1.02 bits per heavy atom. The summed E-state index contributed by atoms with van der Waals surface area (Å²) in [5.41, 5.74) is -5.37. The van der Waals surface area contributed by atoms with Crippen molar-refractivity contribution in [1.29, 1.82) is 0 Å². The van der Waals surface area contributed by atoms with Crippen molar-refractivity contribution in [3.63, 3.8) is 0 Å². The van der Waals surface area contributed by atoms with E-state index in [1.54, 1.807) is 27.7 Å². The number of carbonyl (C=O) groups excluding carboxylic acids is 4. The first-order chi connectivity index (χ1) is 20.2. The lowest BCUT2D eigenvalue weighted by molar-refractivity contribution is -0.295. The van der Waals surface area contributed by atoms with Crippen LogP contribution in [0.5, 0.6) is 0 Å². The van der Waals surface area contributed by atoms with Gasteiger partial charge in [-0.15, -0.1) is 0 Å². The number of likely N-dealkylation sites (N-methyl/N-ethyl adjacent to an activating group) is 1. The number of Topliss-reactive ketones (excluding diaryl/α,β-unsaturated/α-hetero) is 2. The normalized spacial score (nSPS) is 46.1. The van der Waals surface area contributed by atoms with Crippen molar-refractivity contribution in [2.24, 2.45) is 17.8 Å². The predicted octanol–water partition coefficient (Wildman–Crippen LogP) is 2.02. The van der Waals surface area contributed by atoms with Gasteiger partial charge >= 0.3 is 12.1 Å². The minimum atomic E-state index is -2.26. The maximum atomic E-state index is 14.0. The summed E-state index contributed by atoms with van der Waals surface area (Å²) in [6, 6.07) is -0.303. The Kier molecular flexibility index (Phi) is 11.0. The molecule has 0 aromatic carbocycles. The highest BCUT2D eigenvalue weighted by Crippen LogP contribution is 2.43. The second-order valence-corrected chi connectivity index (χ2v) is 13.5. The van der Waals surface area contributed by atoms with Crippen molar-refractivity contribution in [1.82, 2.24) is 4.90 Å². The van der Waals surface area contributed by atoms with Crippen LogP contribution in [0.3, 0.4) is 0 Å². The quantitative estimate of drug-likeness (QED) is 0.335. The van der Waals surface area contributed by atoms with Crippen molar-refractivity contribution in [2.75, 3.05) is 21.2 Å². The zero-order valence-electron chi connectivity index (χ0n) is 27.8. The van der Waals surface area contributed by atoms with Crippen LogP contribution in [0.2, 0.25) is 0 Å². The Labute approximate surface area is 259 Å². The SMILES string of the molecule is CC[C@H]1OC(=O)[C@H](C)C(=O)[C@H](C)[C@@H](O[C@@H]2O[C@H](C)C[C@H](N(C)C)[C@H]2O)[C@@](C)(OC)C[C@@H](C)C(=O)[C@](C)(O)[C@@H]2OC(=O)O[C@@]21C. The highest BCUT2D eigenvalue weighted by Gasteiger charge is 2.64. The number of aliphatic hydroxyl groups is 2. The molecule has 0 unspecified atom stereocenters. The smallest absolute Gasteiger partial charge is 0.457 e. The summed E-state index contributed by atoms with van der Waals surface area (Å²) in [5, 5.41) is 22.9. The van der Waals surface area contributed by atoms with Crippen LogP contribution in [0.25, 0.3) is 0 Å². The molecule has 3 aliphatic rings. The zero-order chi connectivity index (χ0) is 33.5. The van der Waals surface area contributed by atoms with Gasteiger partial charge in [0, 0.05) is 25.0 Å². The van der Waals surface area contributed by atoms with E-state index in [0.717, 1.165) is 0 Å². The van der Waals surface area contributed by atoms with Crippen LogP contribution in [0.15, 0.2) is 0 Å². The summed E-state index contributed by atoms with van der Waals surface area (Å²) >= 11 is 0. The van der Waals surface area contributed by atoms with Crippen molar-refractivity contribution >= 4 is 23.7 Å². The Balaban J connectivity index is 2.13. The van der Waals surface area contributed by atoms with Gasteiger partial charge < -0.3 is 43.5 Å². The Hall–Kier alpha value is -2.16. The molecule has 3 fully saturated rings. The summed E-state index contributed by atoms with van der Waals surface area (Å²) in [7, 11) is 5.08. The molecular weight excluding hydrogens is 578 g/mol. The molecule has 44 heavy (non-hydrogen) atoms. The van der Waals surface area contributed by atoms with Crippen molar-refractivity contribution in [3.05, 3.63) is 0 Å². The third kappa shape index (κ3) is 6.68. The number of carbonyl (C=O) groups is 4. The number of cyclic esters (lactones) is 1. The van der Waals surface area contributed by atoms with E-state index in [2.05, 4.69) is 0 Å². The van der Waals surface area contributed by atoms with Gasteiger partial charge in [-0.25, -0.2) is 4.79 Å². The molecule has 3 heterocycles. The summed E-state index contributed by atoms with van der Waals surface area (Å²) in [6.07, 6.45) is -6.82. The van der Waals surface area contributed by atoms with Crippen molar-refractivity contribution < 1.29 is 57.8 Å². The first kappa shape index (κ1) is 36.3. The molecular formula is C31H51NO12. The van der Waals surface area contributed by atoms with Gasteiger partial charge in [-0.3, -0.25) is 14.4 Å². The van der Waals surface area contributed by atoms with Crippen LogP contribution in [0.4, 0.5) is 4.79 Å². The number of esters is 1. The third-order valence-corrected chi connectivity index (χ3v) is 9.78. The van der Waals surface area contributed by atoms with Gasteiger partial charge in [-0.1, -0.05) is 20.8 Å². The molecule has 0 radical (unpaired) electrons. The first-order valence-corrected chi connectivity index (χ1v) is 15.4. The topological polar surface area (TPSA) is 167 Å². The molecule has 13 nitrogen and oxygen atoms in total. The average Bonchev–Trinajstić information content (AvgIpc) is 3.28. The minimum absolute atomic E-state index is 0.0511. The van der Waals surface area contributed by atoms with E-state index < -0.39 is 89.0 Å². The molecule has 0 spiro atoms. The first-order valence-electron chi connectivity index (χ1n) is 15.4. The van der Waals surface area contributed by atoms with Gasteiger partial charge in [-0.2, -0.15) is 0 Å². The van der Waals surface area contributed by atoms with Gasteiger partial charge in [0.05, 0.1) is 17.8 Å². The number of nitrogens with zero attached hydrogens (tertiary/aromatic N) is 1. The molecule has 2 N–H and O–H groups in total. The van der Waals surface area contributed by atoms with Crippen LogP contribution in [-0.2, 0) is 42.8 Å². The predicted molar refractivity (Wildman–Crippen MR) is 155 cm³/mol. The van der Waals surface area contributed by atoms with Crippen LogP contribution >= 0.6 is 0 Å². The maximum absolute atomic E-state index is 14.0. The molecule has 0 saturated carbocycles. The number of fused-ring (bicyclic) bond motifs is 1. The lowest BCUT2D eigenvalue weighted by Crippen LogP contribution is -2.63. The molecule has 3 aliphatic heterocycles. The Morgan fingerprint density at radius 3 is 2.18 bits per heavy atom. The molecule has 0 amide bonds. The third-order valence-electron chi connectivity index (χ3n) is 9.78. The number of hydrogen-bond donors (Lipinski definition) is 2. The minimum Gasteiger partial charge on any atom is -0.457 e. The van der Waals surface area contributed by atoms with E-state index in [-0.39, 0.29) is 25.0 Å². The molecule has 0 aromatic rings. The highest BCUT2D eigenvalue weighted by molar-refractivity contribution is 6.00. The number of aliphatic hydroxyl groups excluding tert-OH is 1. The standard InChI is InChI=1S/C31H51NO12/c1-12-20-31(8)27(43-28(37)44-31)30(7,38)23(35)15(2)14-29(6,39-11)24(17(4)21(33)18(5)25(36)41-20)42-26-22(34)19(32(9)10)13-16(3)40-26/h15-20,22,24,26-27,34,38H,12-14H2,1-11H3/t15-,16-,17+,18-,19+,20-,22-,24-,26+,27+,29+,30+,31-/m1/s1. The molecule has 0 bridgehead atoms. The number of methoxy groups -OCH3 is 1. The van der Waals surface area contributed by atoms with Gasteiger partial charge in [0.15, 0.2) is 35.2 Å². The van der Waals surface area contributed by atoms with Crippen LogP contribution in [0, 0.1) is 17.8 Å². The van der Waals surface area contributed by atoms with Gasteiger partial charge in [-0.05, 0) is 68.0 Å². The van der Waals surface area contributed by atoms with E-state index in [4.69, 9.17) is 28.4 Å². The van der Waals surface area contributed by atoms with Gasteiger partial charge in [0.25, 0.3) is 0 Å². The average molecular weight is 630 g/mol. The second kappa shape index (κ2) is 13.3. The number of ether oxygens (including phenoxy) is 6. The van der Waals surface area contributed by atoms with E-state index in [9.17, 15) is 29.4 Å². The largest absolute Gasteiger partial charge is 0.509 e. The zero-order valence-corrected chi connectivity index (χ0v) is 27.8. The molecule has 0 aliphatic carbocycles. The number of rotatable bonds is 5. The number of ketones is 2. The van der Waals surface area contributed by atoms with Crippen molar-refractivity contribution in [3.8, 4) is 0 Å².